The Kier molecular flexibility index (Phi) is 6.25. The normalized spacial score (nSPS) is 9.70. The Morgan fingerprint density at radius 3 is 2.45 bits per heavy atom. The molecular formula is C14H19N3O3. The van der Waals surface area contributed by atoms with Crippen LogP contribution in [-0.2, 0) is 0 Å². The van der Waals surface area contributed by atoms with Crippen molar-refractivity contribution in [2.75, 3.05) is 18.4 Å². The summed E-state index contributed by atoms with van der Waals surface area (Å²) in [6.07, 6.45) is 0. The molecule has 1 aromatic carbocycles. The van der Waals surface area contributed by atoms with Gasteiger partial charge in [0.2, 0.25) is 0 Å². The lowest BCUT2D eigenvalue weighted by Gasteiger charge is -2.01. The fourth-order valence-corrected chi connectivity index (χ4v) is 1.53. The Morgan fingerprint density at radius 2 is 1.90 bits per heavy atom. The molecule has 0 saturated carbocycles. The van der Waals surface area contributed by atoms with Crippen molar-refractivity contribution in [3.63, 3.8) is 0 Å². The minimum atomic E-state index is -0.794. The molecule has 0 bridgehead atoms. The number of fused-ring (bicyclic) bond motifs is 1. The summed E-state index contributed by atoms with van der Waals surface area (Å²) in [5, 5.41) is 6.03. The summed E-state index contributed by atoms with van der Waals surface area (Å²) in [6.45, 7) is 6.39. The highest BCUT2D eigenvalue weighted by Gasteiger charge is 2.05. The van der Waals surface area contributed by atoms with Crippen LogP contribution in [0, 0.1) is 0 Å². The molecule has 0 saturated heterocycles. The fraction of sp³-hybridized carbons (Fsp3) is 0.286. The molecule has 1 heterocycles. The number of urea groups is 1. The summed E-state index contributed by atoms with van der Waals surface area (Å²) < 4.78 is 4.97. The molecule has 2 amide bonds. The predicted octanol–water partition coefficient (Wildman–Crippen LogP) is 1.90. The zero-order valence-electron chi connectivity index (χ0n) is 11.6. The number of carbonyl (C=O) groups excluding carboxylic acids is 1. The maximum Gasteiger partial charge on any atom is 0.360 e. The van der Waals surface area contributed by atoms with Gasteiger partial charge in [0.1, 0.15) is 11.3 Å². The molecular weight excluding hydrogens is 258 g/mol. The standard InChI is InChI=1S/C10H8N2O3.C4H11N/c11-10(14)12-7-5-6-3-1-2-4-8(6)15-9(7)13;1-3-5-4-2/h1-5H,(H3,11,12,14);5H,3-4H2,1-2H3. The predicted molar refractivity (Wildman–Crippen MR) is 79.9 cm³/mol. The van der Waals surface area contributed by atoms with Crippen molar-refractivity contribution in [2.24, 2.45) is 5.73 Å². The maximum atomic E-state index is 11.3. The van der Waals surface area contributed by atoms with E-state index in [1.165, 1.54) is 6.07 Å². The van der Waals surface area contributed by atoms with Crippen molar-refractivity contribution in [2.45, 2.75) is 13.8 Å². The first-order valence-electron chi connectivity index (χ1n) is 6.38. The first kappa shape index (κ1) is 15.7. The van der Waals surface area contributed by atoms with Crippen LogP contribution in [0.2, 0.25) is 0 Å². The average molecular weight is 277 g/mol. The number of para-hydroxylation sites is 1. The summed E-state index contributed by atoms with van der Waals surface area (Å²) in [5.74, 6) is 0. The maximum absolute atomic E-state index is 11.3. The Labute approximate surface area is 117 Å². The number of benzene rings is 1. The van der Waals surface area contributed by atoms with E-state index in [4.69, 9.17) is 10.2 Å². The molecule has 4 N–H and O–H groups in total. The van der Waals surface area contributed by atoms with Crippen molar-refractivity contribution in [1.82, 2.24) is 5.32 Å². The van der Waals surface area contributed by atoms with Gasteiger partial charge in [-0.15, -0.1) is 0 Å². The van der Waals surface area contributed by atoms with E-state index < -0.39 is 11.7 Å². The van der Waals surface area contributed by atoms with Crippen LogP contribution in [-0.4, -0.2) is 19.1 Å². The lowest BCUT2D eigenvalue weighted by molar-refractivity contribution is 0.259. The van der Waals surface area contributed by atoms with Crippen LogP contribution in [0.3, 0.4) is 0 Å². The second-order valence-electron chi connectivity index (χ2n) is 3.93. The molecule has 0 spiro atoms. The monoisotopic (exact) mass is 277 g/mol. The van der Waals surface area contributed by atoms with Crippen molar-refractivity contribution in [3.05, 3.63) is 40.8 Å². The number of hydrogen-bond acceptors (Lipinski definition) is 4. The van der Waals surface area contributed by atoms with Gasteiger partial charge in [-0.3, -0.25) is 0 Å². The van der Waals surface area contributed by atoms with Gasteiger partial charge in [0.05, 0.1) is 0 Å². The number of anilines is 1. The molecule has 0 atom stereocenters. The number of primary amides is 1. The van der Waals surface area contributed by atoms with Gasteiger partial charge in [-0.05, 0) is 25.2 Å². The Bertz CT molecular complexity index is 620. The van der Waals surface area contributed by atoms with E-state index in [-0.39, 0.29) is 5.69 Å². The van der Waals surface area contributed by atoms with Crippen LogP contribution in [0.25, 0.3) is 11.0 Å². The van der Waals surface area contributed by atoms with Gasteiger partial charge in [-0.25, -0.2) is 9.59 Å². The minimum absolute atomic E-state index is 0.0428. The van der Waals surface area contributed by atoms with Crippen molar-refractivity contribution in [1.29, 1.82) is 0 Å². The van der Waals surface area contributed by atoms with Crippen LogP contribution >= 0.6 is 0 Å². The topological polar surface area (TPSA) is 97.4 Å². The van der Waals surface area contributed by atoms with Gasteiger partial charge < -0.3 is 20.8 Å². The van der Waals surface area contributed by atoms with Crippen LogP contribution in [0.15, 0.2) is 39.5 Å². The lowest BCUT2D eigenvalue weighted by atomic mass is 10.2. The Balaban J connectivity index is 0.000000347. The zero-order chi connectivity index (χ0) is 15.0. The molecule has 1 aromatic heterocycles. The number of hydrogen-bond donors (Lipinski definition) is 3. The first-order valence-corrected chi connectivity index (χ1v) is 6.38. The number of nitrogens with one attached hydrogen (secondary N) is 2. The summed E-state index contributed by atoms with van der Waals surface area (Å²) in [4.78, 5) is 21.9. The van der Waals surface area contributed by atoms with E-state index >= 15 is 0 Å². The summed E-state index contributed by atoms with van der Waals surface area (Å²) in [6, 6.07) is 7.72. The third-order valence-corrected chi connectivity index (χ3v) is 2.40. The number of nitrogens with two attached hydrogens (primary N) is 1. The fourth-order valence-electron chi connectivity index (χ4n) is 1.53. The Morgan fingerprint density at radius 1 is 1.25 bits per heavy atom. The van der Waals surface area contributed by atoms with Gasteiger partial charge in [0.25, 0.3) is 0 Å². The van der Waals surface area contributed by atoms with Gasteiger partial charge in [-0.2, -0.15) is 0 Å². The van der Waals surface area contributed by atoms with E-state index in [0.29, 0.717) is 5.58 Å². The minimum Gasteiger partial charge on any atom is -0.421 e. The average Bonchev–Trinajstić information content (AvgIpc) is 2.41. The third-order valence-electron chi connectivity index (χ3n) is 2.40. The van der Waals surface area contributed by atoms with Gasteiger partial charge in [0, 0.05) is 5.39 Å². The molecule has 0 aliphatic heterocycles. The smallest absolute Gasteiger partial charge is 0.360 e. The molecule has 6 nitrogen and oxygen atoms in total. The molecule has 0 aliphatic rings. The van der Waals surface area contributed by atoms with Crippen molar-refractivity contribution in [3.8, 4) is 0 Å². The SMILES string of the molecule is CCNCC.NC(=O)Nc1cc2ccccc2oc1=O. The van der Waals surface area contributed by atoms with Gasteiger partial charge >= 0.3 is 11.7 Å². The molecule has 0 fully saturated rings. The second kappa shape index (κ2) is 7.96. The molecule has 108 valence electrons. The van der Waals surface area contributed by atoms with E-state index in [2.05, 4.69) is 24.5 Å². The molecule has 2 aromatic rings. The molecule has 0 radical (unpaired) electrons. The highest BCUT2D eigenvalue weighted by Crippen LogP contribution is 2.14. The molecule has 6 heteroatoms. The van der Waals surface area contributed by atoms with E-state index in [0.717, 1.165) is 18.5 Å². The third kappa shape index (κ3) is 4.74. The highest BCUT2D eigenvalue weighted by molar-refractivity contribution is 5.90. The van der Waals surface area contributed by atoms with E-state index in [1.54, 1.807) is 24.3 Å². The van der Waals surface area contributed by atoms with Crippen LogP contribution in [0.4, 0.5) is 10.5 Å². The van der Waals surface area contributed by atoms with Gasteiger partial charge in [-0.1, -0.05) is 32.0 Å². The van der Waals surface area contributed by atoms with Crippen LogP contribution < -0.4 is 22.0 Å². The zero-order valence-corrected chi connectivity index (χ0v) is 11.6. The molecule has 0 unspecified atom stereocenters. The number of amides is 2. The number of carbonyl (C=O) groups is 1. The summed E-state index contributed by atoms with van der Waals surface area (Å²) >= 11 is 0. The number of rotatable bonds is 3. The van der Waals surface area contributed by atoms with Crippen LogP contribution in [0.1, 0.15) is 13.8 Å². The van der Waals surface area contributed by atoms with Crippen molar-refractivity contribution < 1.29 is 9.21 Å². The lowest BCUT2D eigenvalue weighted by Crippen LogP contribution is -2.23. The van der Waals surface area contributed by atoms with E-state index in [1.807, 2.05) is 0 Å². The summed E-state index contributed by atoms with van der Waals surface area (Å²) in [7, 11) is 0. The largest absolute Gasteiger partial charge is 0.421 e. The quantitative estimate of drug-likeness (QED) is 0.746. The molecule has 20 heavy (non-hydrogen) atoms. The molecule has 2 rings (SSSR count). The van der Waals surface area contributed by atoms with E-state index in [9.17, 15) is 9.59 Å². The van der Waals surface area contributed by atoms with Crippen molar-refractivity contribution >= 4 is 22.7 Å². The Hall–Kier alpha value is -2.34. The summed E-state index contributed by atoms with van der Waals surface area (Å²) in [5.41, 5.74) is 4.80. The first-order chi connectivity index (χ1) is 9.58. The van der Waals surface area contributed by atoms with Gasteiger partial charge in [0.15, 0.2) is 0 Å². The highest BCUT2D eigenvalue weighted by atomic mass is 16.4. The molecule has 0 aliphatic carbocycles. The van der Waals surface area contributed by atoms with Crippen LogP contribution in [0.5, 0.6) is 0 Å². The second-order valence-corrected chi connectivity index (χ2v) is 3.93.